The maximum absolute atomic E-state index is 12.5. The van der Waals surface area contributed by atoms with E-state index in [4.69, 9.17) is 0 Å². The molecule has 20 heavy (non-hydrogen) atoms. The lowest BCUT2D eigenvalue weighted by Gasteiger charge is -2.42. The quantitative estimate of drug-likeness (QED) is 0.728. The number of carbonyl (C=O) groups is 1. The van der Waals surface area contributed by atoms with Crippen molar-refractivity contribution in [2.75, 3.05) is 0 Å². The molecular formula is C19H22O. The molecule has 4 rings (SSSR count). The molecule has 1 saturated carbocycles. The number of hydrogen-bond donors (Lipinski definition) is 0. The van der Waals surface area contributed by atoms with Gasteiger partial charge in [0, 0.05) is 11.8 Å². The van der Waals surface area contributed by atoms with Crippen LogP contribution in [0.1, 0.15) is 56.6 Å². The summed E-state index contributed by atoms with van der Waals surface area (Å²) in [7, 11) is 0. The maximum Gasteiger partial charge on any atom is 0.139 e. The van der Waals surface area contributed by atoms with E-state index >= 15 is 0 Å². The SMILES string of the molecule is CC[C@@]12CCC3=C(CCc4ccccc43)[C@@H]1CCC2=O. The first-order valence-corrected chi connectivity index (χ1v) is 8.10. The van der Waals surface area contributed by atoms with Crippen molar-refractivity contribution in [3.8, 4) is 0 Å². The number of hydrogen-bond acceptors (Lipinski definition) is 1. The Morgan fingerprint density at radius 2 is 2.00 bits per heavy atom. The average molecular weight is 266 g/mol. The molecule has 0 aromatic heterocycles. The molecule has 0 heterocycles. The number of carbonyl (C=O) groups excluding carboxylic acids is 1. The molecule has 0 radical (unpaired) electrons. The summed E-state index contributed by atoms with van der Waals surface area (Å²) in [5, 5.41) is 0. The van der Waals surface area contributed by atoms with Crippen molar-refractivity contribution < 1.29 is 4.79 Å². The first kappa shape index (κ1) is 12.4. The van der Waals surface area contributed by atoms with Crippen molar-refractivity contribution in [2.45, 2.75) is 51.9 Å². The Kier molecular flexibility index (Phi) is 2.67. The van der Waals surface area contributed by atoms with Crippen molar-refractivity contribution in [1.29, 1.82) is 0 Å². The van der Waals surface area contributed by atoms with Gasteiger partial charge in [0.05, 0.1) is 0 Å². The predicted octanol–water partition coefficient (Wildman–Crippen LogP) is 4.56. The van der Waals surface area contributed by atoms with Crippen LogP contribution in [0, 0.1) is 11.3 Å². The third-order valence-electron chi connectivity index (χ3n) is 6.15. The van der Waals surface area contributed by atoms with E-state index in [-0.39, 0.29) is 5.41 Å². The van der Waals surface area contributed by atoms with E-state index in [0.717, 1.165) is 32.1 Å². The summed E-state index contributed by atoms with van der Waals surface area (Å²) in [6.07, 6.45) is 7.51. The largest absolute Gasteiger partial charge is 0.299 e. The minimum atomic E-state index is 0.00508. The van der Waals surface area contributed by atoms with Gasteiger partial charge in [-0.25, -0.2) is 0 Å². The topological polar surface area (TPSA) is 17.1 Å². The molecule has 0 N–H and O–H groups in total. The predicted molar refractivity (Wildman–Crippen MR) is 81.4 cm³/mol. The highest BCUT2D eigenvalue weighted by Gasteiger charge is 2.52. The molecule has 3 aliphatic rings. The van der Waals surface area contributed by atoms with Crippen LogP contribution in [-0.2, 0) is 11.2 Å². The highest BCUT2D eigenvalue weighted by molar-refractivity contribution is 5.90. The lowest BCUT2D eigenvalue weighted by molar-refractivity contribution is -0.127. The lowest BCUT2D eigenvalue weighted by atomic mass is 9.61. The smallest absolute Gasteiger partial charge is 0.139 e. The lowest BCUT2D eigenvalue weighted by Crippen LogP contribution is -2.36. The molecule has 1 fully saturated rings. The van der Waals surface area contributed by atoms with Gasteiger partial charge in [-0.15, -0.1) is 0 Å². The molecule has 0 unspecified atom stereocenters. The number of allylic oxidation sites excluding steroid dienone is 2. The minimum absolute atomic E-state index is 0.00508. The molecule has 3 aliphatic carbocycles. The van der Waals surface area contributed by atoms with Gasteiger partial charge >= 0.3 is 0 Å². The van der Waals surface area contributed by atoms with E-state index in [0.29, 0.717) is 11.7 Å². The molecule has 1 heteroatoms. The molecule has 104 valence electrons. The Morgan fingerprint density at radius 3 is 2.85 bits per heavy atom. The fourth-order valence-corrected chi connectivity index (χ4v) is 5.09. The van der Waals surface area contributed by atoms with E-state index < -0.39 is 0 Å². The molecule has 0 amide bonds. The summed E-state index contributed by atoms with van der Waals surface area (Å²) >= 11 is 0. The molecule has 1 aromatic carbocycles. The summed E-state index contributed by atoms with van der Waals surface area (Å²) in [5.41, 5.74) is 6.24. The summed E-state index contributed by atoms with van der Waals surface area (Å²) in [5.74, 6) is 1.10. The van der Waals surface area contributed by atoms with E-state index in [1.54, 1.807) is 11.1 Å². The number of fused-ring (bicyclic) bond motifs is 4. The van der Waals surface area contributed by atoms with Crippen molar-refractivity contribution in [2.24, 2.45) is 11.3 Å². The molecule has 1 nitrogen and oxygen atoms in total. The maximum atomic E-state index is 12.5. The Bertz CT molecular complexity index is 610. The highest BCUT2D eigenvalue weighted by Crippen LogP contribution is 2.57. The molecule has 0 aliphatic heterocycles. The number of rotatable bonds is 1. The normalized spacial score (nSPS) is 31.9. The highest BCUT2D eigenvalue weighted by atomic mass is 16.1. The van der Waals surface area contributed by atoms with Crippen LogP contribution < -0.4 is 0 Å². The second kappa shape index (κ2) is 4.31. The van der Waals surface area contributed by atoms with Gasteiger partial charge in [0.1, 0.15) is 5.78 Å². The second-order valence-electron chi connectivity index (χ2n) is 6.69. The van der Waals surface area contributed by atoms with E-state index in [1.807, 2.05) is 0 Å². The van der Waals surface area contributed by atoms with Crippen LogP contribution in [0.4, 0.5) is 0 Å². The van der Waals surface area contributed by atoms with Gasteiger partial charge < -0.3 is 0 Å². The van der Waals surface area contributed by atoms with Crippen molar-refractivity contribution in [3.05, 3.63) is 41.0 Å². The van der Waals surface area contributed by atoms with Crippen molar-refractivity contribution in [1.82, 2.24) is 0 Å². The Hall–Kier alpha value is -1.37. The minimum Gasteiger partial charge on any atom is -0.299 e. The Morgan fingerprint density at radius 1 is 1.15 bits per heavy atom. The van der Waals surface area contributed by atoms with Gasteiger partial charge in [-0.1, -0.05) is 36.8 Å². The van der Waals surface area contributed by atoms with Crippen molar-refractivity contribution >= 4 is 11.4 Å². The van der Waals surface area contributed by atoms with Gasteiger partial charge in [-0.3, -0.25) is 4.79 Å². The van der Waals surface area contributed by atoms with E-state index in [1.165, 1.54) is 24.0 Å². The molecule has 2 atom stereocenters. The van der Waals surface area contributed by atoms with Gasteiger partial charge in [-0.2, -0.15) is 0 Å². The fourth-order valence-electron chi connectivity index (χ4n) is 5.09. The average Bonchev–Trinajstić information content (AvgIpc) is 2.85. The zero-order valence-corrected chi connectivity index (χ0v) is 12.2. The number of benzene rings is 1. The monoisotopic (exact) mass is 266 g/mol. The number of Topliss-reactive ketones (excluding diaryl/α,β-unsaturated/α-hetero) is 1. The van der Waals surface area contributed by atoms with Crippen LogP contribution in [0.5, 0.6) is 0 Å². The summed E-state index contributed by atoms with van der Waals surface area (Å²) in [6.45, 7) is 2.22. The number of aryl methyl sites for hydroxylation is 1. The number of ketones is 1. The van der Waals surface area contributed by atoms with E-state index in [9.17, 15) is 4.79 Å². The van der Waals surface area contributed by atoms with Gasteiger partial charge in [0.2, 0.25) is 0 Å². The Labute approximate surface area is 121 Å². The third kappa shape index (κ3) is 1.47. The molecule has 1 aromatic rings. The van der Waals surface area contributed by atoms with Gasteiger partial charge in [-0.05, 0) is 61.1 Å². The van der Waals surface area contributed by atoms with Crippen molar-refractivity contribution in [3.63, 3.8) is 0 Å². The van der Waals surface area contributed by atoms with Crippen LogP contribution in [0.2, 0.25) is 0 Å². The zero-order valence-electron chi connectivity index (χ0n) is 12.2. The summed E-state index contributed by atoms with van der Waals surface area (Å²) in [4.78, 5) is 12.5. The van der Waals surface area contributed by atoms with Crippen LogP contribution >= 0.6 is 0 Å². The van der Waals surface area contributed by atoms with Crippen LogP contribution in [0.15, 0.2) is 29.8 Å². The fraction of sp³-hybridized carbons (Fsp3) is 0.526. The molecular weight excluding hydrogens is 244 g/mol. The van der Waals surface area contributed by atoms with Gasteiger partial charge in [0.15, 0.2) is 0 Å². The first-order chi connectivity index (χ1) is 9.76. The van der Waals surface area contributed by atoms with Crippen LogP contribution in [-0.4, -0.2) is 5.78 Å². The molecule has 0 bridgehead atoms. The van der Waals surface area contributed by atoms with Crippen LogP contribution in [0.25, 0.3) is 5.57 Å². The Balaban J connectivity index is 1.85. The third-order valence-corrected chi connectivity index (χ3v) is 6.15. The first-order valence-electron chi connectivity index (χ1n) is 8.10. The molecule has 0 spiro atoms. The van der Waals surface area contributed by atoms with E-state index in [2.05, 4.69) is 31.2 Å². The van der Waals surface area contributed by atoms with Crippen LogP contribution in [0.3, 0.4) is 0 Å². The van der Waals surface area contributed by atoms with Gasteiger partial charge in [0.25, 0.3) is 0 Å². The summed E-state index contributed by atoms with van der Waals surface area (Å²) in [6, 6.07) is 8.89. The second-order valence-corrected chi connectivity index (χ2v) is 6.69. The standard InChI is InChI=1S/C19H22O/c1-2-19-12-11-15-14-6-4-3-5-13(14)7-8-16(15)17(19)9-10-18(19)20/h3-6,17H,2,7-12H2,1H3/t17-,19+/m0/s1. The zero-order chi connectivity index (χ0) is 13.7. The summed E-state index contributed by atoms with van der Waals surface area (Å²) < 4.78 is 0. The molecule has 0 saturated heterocycles.